The van der Waals surface area contributed by atoms with Gasteiger partial charge in [0, 0.05) is 11.8 Å². The molecule has 0 radical (unpaired) electrons. The van der Waals surface area contributed by atoms with Crippen molar-refractivity contribution in [3.8, 4) is 17.2 Å². The number of aromatic nitrogens is 4. The van der Waals surface area contributed by atoms with E-state index in [2.05, 4.69) is 25.9 Å². The fourth-order valence-electron chi connectivity index (χ4n) is 2.71. The molecular formula is C19H12Cl2FN5O4S. The Hall–Kier alpha value is -3.41. The van der Waals surface area contributed by atoms with Crippen LogP contribution >= 0.6 is 23.2 Å². The number of ether oxygens (including phenoxy) is 1. The van der Waals surface area contributed by atoms with Crippen molar-refractivity contribution in [1.82, 2.24) is 20.6 Å². The van der Waals surface area contributed by atoms with Gasteiger partial charge in [0.25, 0.3) is 5.95 Å². The molecule has 0 fully saturated rings. The number of sulfone groups is 1. The molecule has 0 spiro atoms. The molecule has 1 aromatic heterocycles. The Kier molecular flexibility index (Phi) is 5.87. The minimum atomic E-state index is -4.15. The zero-order valence-electron chi connectivity index (χ0n) is 15.8. The van der Waals surface area contributed by atoms with Gasteiger partial charge < -0.3 is 15.2 Å². The lowest BCUT2D eigenvalue weighted by molar-refractivity contribution is 0.448. The van der Waals surface area contributed by atoms with Crippen molar-refractivity contribution in [2.24, 2.45) is 0 Å². The highest BCUT2D eigenvalue weighted by Gasteiger charge is 2.23. The Balaban J connectivity index is 1.65. The normalized spacial score (nSPS) is 11.3. The van der Waals surface area contributed by atoms with Gasteiger partial charge in [-0.25, -0.2) is 12.8 Å². The summed E-state index contributed by atoms with van der Waals surface area (Å²) in [6, 6.07) is 10.8. The van der Waals surface area contributed by atoms with Crippen LogP contribution in [-0.2, 0) is 9.84 Å². The molecule has 164 valence electrons. The second-order valence-corrected chi connectivity index (χ2v) is 9.05. The maximum Gasteiger partial charge on any atom is 0.267 e. The van der Waals surface area contributed by atoms with Gasteiger partial charge in [-0.3, -0.25) is 0 Å². The minimum Gasteiger partial charge on any atom is -0.507 e. The number of phenols is 1. The SMILES string of the molecule is O=S(=O)(c1ccc(F)cc1)c1cc(Oc2c(Cl)cc(Nc3nn[nH]n3)cc2Cl)ccc1O. The van der Waals surface area contributed by atoms with Crippen molar-refractivity contribution in [3.63, 3.8) is 0 Å². The highest BCUT2D eigenvalue weighted by Crippen LogP contribution is 2.41. The first-order valence-electron chi connectivity index (χ1n) is 8.75. The Morgan fingerprint density at radius 1 is 1.03 bits per heavy atom. The standard InChI is InChI=1S/C19H12Cl2FN5O4S/c20-14-7-11(23-19-24-26-27-25-19)8-15(21)18(14)31-12-3-6-16(28)17(9-12)32(29,30)13-4-1-10(22)2-5-13/h1-9,28H,(H2,23,24,25,26,27). The summed E-state index contributed by atoms with van der Waals surface area (Å²) in [6.45, 7) is 0. The number of aromatic amines is 1. The average Bonchev–Trinajstić information content (AvgIpc) is 3.25. The highest BCUT2D eigenvalue weighted by molar-refractivity contribution is 7.91. The summed E-state index contributed by atoms with van der Waals surface area (Å²) in [6.07, 6.45) is 0. The molecule has 3 aromatic carbocycles. The van der Waals surface area contributed by atoms with E-state index in [1.54, 1.807) is 0 Å². The Labute approximate surface area is 190 Å². The van der Waals surface area contributed by atoms with Crippen LogP contribution in [0.5, 0.6) is 17.2 Å². The van der Waals surface area contributed by atoms with Crippen LogP contribution in [-0.4, -0.2) is 34.1 Å². The van der Waals surface area contributed by atoms with Gasteiger partial charge in [0.2, 0.25) is 9.84 Å². The average molecular weight is 496 g/mol. The molecule has 0 aliphatic rings. The van der Waals surface area contributed by atoms with E-state index in [4.69, 9.17) is 27.9 Å². The van der Waals surface area contributed by atoms with Crippen LogP contribution in [0.2, 0.25) is 10.0 Å². The number of aromatic hydroxyl groups is 1. The smallest absolute Gasteiger partial charge is 0.267 e. The van der Waals surface area contributed by atoms with Gasteiger partial charge in [-0.2, -0.15) is 5.21 Å². The molecule has 0 amide bonds. The number of rotatable bonds is 6. The molecular weight excluding hydrogens is 484 g/mol. The van der Waals surface area contributed by atoms with Gasteiger partial charge in [-0.05, 0) is 53.7 Å². The predicted octanol–water partition coefficient (Wildman–Crippen LogP) is 4.72. The van der Waals surface area contributed by atoms with Crippen LogP contribution < -0.4 is 10.1 Å². The lowest BCUT2D eigenvalue weighted by Gasteiger charge is -2.13. The zero-order chi connectivity index (χ0) is 22.9. The number of benzene rings is 3. The highest BCUT2D eigenvalue weighted by atomic mass is 35.5. The second-order valence-electron chi connectivity index (χ2n) is 6.32. The van der Waals surface area contributed by atoms with Gasteiger partial charge in [0.1, 0.15) is 22.2 Å². The number of halogens is 3. The maximum atomic E-state index is 13.2. The molecule has 1 heterocycles. The van der Waals surface area contributed by atoms with E-state index in [1.165, 1.54) is 18.2 Å². The molecule has 0 saturated heterocycles. The van der Waals surface area contributed by atoms with E-state index in [0.717, 1.165) is 36.4 Å². The van der Waals surface area contributed by atoms with Gasteiger partial charge >= 0.3 is 0 Å². The van der Waals surface area contributed by atoms with E-state index in [9.17, 15) is 17.9 Å². The number of nitrogens with zero attached hydrogens (tertiary/aromatic N) is 3. The topological polar surface area (TPSA) is 130 Å². The number of nitrogens with one attached hydrogen (secondary N) is 2. The Bertz CT molecular complexity index is 1360. The summed E-state index contributed by atoms with van der Waals surface area (Å²) >= 11 is 12.6. The molecule has 4 rings (SSSR count). The molecule has 4 aromatic rings. The van der Waals surface area contributed by atoms with Crippen molar-refractivity contribution in [2.75, 3.05) is 5.32 Å². The maximum absolute atomic E-state index is 13.2. The number of hydrogen-bond acceptors (Lipinski definition) is 8. The number of H-pyrrole nitrogens is 1. The molecule has 0 atom stereocenters. The first-order chi connectivity index (χ1) is 15.2. The van der Waals surface area contributed by atoms with Crippen molar-refractivity contribution in [2.45, 2.75) is 9.79 Å². The van der Waals surface area contributed by atoms with Crippen molar-refractivity contribution < 1.29 is 22.7 Å². The summed E-state index contributed by atoms with van der Waals surface area (Å²) in [5, 5.41) is 26.4. The Morgan fingerprint density at radius 2 is 1.72 bits per heavy atom. The van der Waals surface area contributed by atoms with Crippen molar-refractivity contribution >= 4 is 44.7 Å². The fourth-order valence-corrected chi connectivity index (χ4v) is 4.63. The zero-order valence-corrected chi connectivity index (χ0v) is 18.1. The molecule has 0 unspecified atom stereocenters. The van der Waals surface area contributed by atoms with Crippen molar-refractivity contribution in [1.29, 1.82) is 0 Å². The minimum absolute atomic E-state index is 0.0474. The van der Waals surface area contributed by atoms with E-state index in [0.29, 0.717) is 5.69 Å². The van der Waals surface area contributed by atoms with Crippen LogP contribution in [0.15, 0.2) is 64.4 Å². The van der Waals surface area contributed by atoms with Gasteiger partial charge in [0.05, 0.1) is 14.9 Å². The molecule has 0 bridgehead atoms. The van der Waals surface area contributed by atoms with E-state index in [1.807, 2.05) is 0 Å². The van der Waals surface area contributed by atoms with E-state index in [-0.39, 0.29) is 32.4 Å². The molecule has 0 aliphatic heterocycles. The van der Waals surface area contributed by atoms with E-state index >= 15 is 0 Å². The van der Waals surface area contributed by atoms with Crippen LogP contribution in [0, 0.1) is 5.82 Å². The van der Waals surface area contributed by atoms with Gasteiger partial charge in [0.15, 0.2) is 5.75 Å². The van der Waals surface area contributed by atoms with Crippen molar-refractivity contribution in [3.05, 3.63) is 70.5 Å². The number of phenolic OH excluding ortho intramolecular Hbond substituents is 1. The quantitative estimate of drug-likeness (QED) is 0.327. The number of hydrogen-bond donors (Lipinski definition) is 3. The summed E-state index contributed by atoms with van der Waals surface area (Å²) in [7, 11) is -4.15. The lowest BCUT2D eigenvalue weighted by Crippen LogP contribution is -2.03. The third kappa shape index (κ3) is 4.44. The number of tetrazole rings is 1. The third-order valence-corrected chi connectivity index (χ3v) is 6.52. The van der Waals surface area contributed by atoms with Crippen LogP contribution in [0.1, 0.15) is 0 Å². The van der Waals surface area contributed by atoms with Gasteiger partial charge in [-0.1, -0.05) is 28.3 Å². The number of anilines is 2. The second kappa shape index (κ2) is 8.61. The summed E-state index contributed by atoms with van der Waals surface area (Å²) in [5.74, 6) is -0.792. The first kappa shape index (κ1) is 21.8. The summed E-state index contributed by atoms with van der Waals surface area (Å²) in [4.78, 5) is -0.622. The van der Waals surface area contributed by atoms with Gasteiger partial charge in [-0.15, -0.1) is 5.10 Å². The molecule has 0 saturated carbocycles. The fraction of sp³-hybridized carbons (Fsp3) is 0. The summed E-state index contributed by atoms with van der Waals surface area (Å²) < 4.78 is 44.6. The first-order valence-corrected chi connectivity index (χ1v) is 11.0. The molecule has 32 heavy (non-hydrogen) atoms. The monoisotopic (exact) mass is 495 g/mol. The molecule has 0 aliphatic carbocycles. The lowest BCUT2D eigenvalue weighted by atomic mass is 10.3. The Morgan fingerprint density at radius 3 is 2.34 bits per heavy atom. The molecule has 9 nitrogen and oxygen atoms in total. The molecule has 3 N–H and O–H groups in total. The van der Waals surface area contributed by atoms with Crippen LogP contribution in [0.4, 0.5) is 16.0 Å². The molecule has 13 heteroatoms. The largest absolute Gasteiger partial charge is 0.507 e. The van der Waals surface area contributed by atoms with Crippen LogP contribution in [0.3, 0.4) is 0 Å². The summed E-state index contributed by atoms with van der Waals surface area (Å²) in [5.41, 5.74) is 0.457. The third-order valence-electron chi connectivity index (χ3n) is 4.16. The predicted molar refractivity (Wildman–Crippen MR) is 114 cm³/mol. The van der Waals surface area contributed by atoms with Crippen LogP contribution in [0.25, 0.3) is 0 Å². The van der Waals surface area contributed by atoms with E-state index < -0.39 is 26.3 Å².